The molecule has 12 heteroatoms. The minimum atomic E-state index is -4.63. The van der Waals surface area contributed by atoms with Crippen LogP contribution >= 0.6 is 0 Å². The van der Waals surface area contributed by atoms with Gasteiger partial charge < -0.3 is 9.30 Å². The summed E-state index contributed by atoms with van der Waals surface area (Å²) in [5.74, 6) is 0.821. The Balaban J connectivity index is 1.40. The highest BCUT2D eigenvalue weighted by Gasteiger charge is 2.42. The van der Waals surface area contributed by atoms with Crippen LogP contribution in [0, 0.1) is 0 Å². The molecule has 1 atom stereocenters. The molecule has 1 N–H and O–H groups in total. The van der Waals surface area contributed by atoms with Gasteiger partial charge in [-0.25, -0.2) is 9.37 Å². The van der Waals surface area contributed by atoms with Gasteiger partial charge in [0.25, 0.3) is 0 Å². The fourth-order valence-electron chi connectivity index (χ4n) is 5.19. The first-order valence-electron chi connectivity index (χ1n) is 12.0. The fourth-order valence-corrected chi connectivity index (χ4v) is 5.19. The third-order valence-corrected chi connectivity index (χ3v) is 7.31. The second kappa shape index (κ2) is 8.88. The molecule has 0 amide bonds. The van der Waals surface area contributed by atoms with Crippen molar-refractivity contribution in [2.75, 3.05) is 26.3 Å². The molecule has 3 aromatic heterocycles. The first-order chi connectivity index (χ1) is 17.7. The quantitative estimate of drug-likeness (QED) is 0.393. The first kappa shape index (κ1) is 24.0. The van der Waals surface area contributed by atoms with E-state index in [9.17, 15) is 17.6 Å². The molecule has 0 radical (unpaired) electrons. The van der Waals surface area contributed by atoms with Gasteiger partial charge >= 0.3 is 6.18 Å². The van der Waals surface area contributed by atoms with Crippen LogP contribution in [0.4, 0.5) is 17.6 Å². The number of benzene rings is 1. The molecular formula is C25H25F4N7O. The lowest BCUT2D eigenvalue weighted by atomic mass is 9.75. The molecule has 2 aliphatic heterocycles. The number of aromatic nitrogens is 6. The highest BCUT2D eigenvalue weighted by molar-refractivity contribution is 5.94. The zero-order valence-electron chi connectivity index (χ0n) is 20.1. The lowest BCUT2D eigenvalue weighted by Crippen LogP contribution is -2.49. The van der Waals surface area contributed by atoms with Gasteiger partial charge in [0.15, 0.2) is 0 Å². The van der Waals surface area contributed by atoms with Gasteiger partial charge in [-0.3, -0.25) is 10.00 Å². The third kappa shape index (κ3) is 4.37. The third-order valence-electron chi connectivity index (χ3n) is 7.31. The van der Waals surface area contributed by atoms with Crippen LogP contribution in [0.15, 0.2) is 36.7 Å². The number of ether oxygens (including phenoxy) is 1. The lowest BCUT2D eigenvalue weighted by molar-refractivity contribution is -0.141. The maximum Gasteiger partial charge on any atom is 0.433 e. The van der Waals surface area contributed by atoms with Crippen molar-refractivity contribution in [1.29, 1.82) is 0 Å². The van der Waals surface area contributed by atoms with Crippen LogP contribution in [-0.2, 0) is 36.3 Å². The number of halogens is 4. The number of alkyl halides is 4. The topological polar surface area (TPSA) is 84.8 Å². The van der Waals surface area contributed by atoms with Crippen molar-refractivity contribution < 1.29 is 22.3 Å². The van der Waals surface area contributed by atoms with Crippen LogP contribution in [0.1, 0.15) is 29.2 Å². The number of fused-ring (bicyclic) bond motifs is 1. The average molecular weight is 516 g/mol. The number of H-pyrrole nitrogens is 1. The van der Waals surface area contributed by atoms with Crippen LogP contribution in [-0.4, -0.2) is 67.3 Å². The molecule has 2 aliphatic rings. The zero-order valence-corrected chi connectivity index (χ0v) is 20.1. The molecule has 0 spiro atoms. The number of pyridine rings is 1. The molecule has 0 aliphatic carbocycles. The molecule has 1 aromatic carbocycles. The molecule has 2 fully saturated rings. The predicted molar refractivity (Wildman–Crippen MR) is 126 cm³/mol. The van der Waals surface area contributed by atoms with Gasteiger partial charge in [0.2, 0.25) is 0 Å². The van der Waals surface area contributed by atoms with Crippen molar-refractivity contribution in [3.63, 3.8) is 0 Å². The highest BCUT2D eigenvalue weighted by Crippen LogP contribution is 2.39. The Bertz CT molecular complexity index is 1440. The number of rotatable bonds is 6. The molecule has 6 rings (SSSR count). The molecule has 2 saturated heterocycles. The summed E-state index contributed by atoms with van der Waals surface area (Å²) in [6.45, 7) is 1.77. The van der Waals surface area contributed by atoms with Gasteiger partial charge in [0.1, 0.15) is 29.7 Å². The summed E-state index contributed by atoms with van der Waals surface area (Å²) in [7, 11) is 1.88. The van der Waals surface area contributed by atoms with Crippen LogP contribution in [0.25, 0.3) is 22.2 Å². The van der Waals surface area contributed by atoms with E-state index in [0.29, 0.717) is 54.8 Å². The van der Waals surface area contributed by atoms with Crippen LogP contribution in [0.5, 0.6) is 0 Å². The second-order valence-corrected chi connectivity index (χ2v) is 9.96. The minimum Gasteiger partial charge on any atom is -0.379 e. The Morgan fingerprint density at radius 2 is 2.05 bits per heavy atom. The summed E-state index contributed by atoms with van der Waals surface area (Å²) >= 11 is 0. The smallest absolute Gasteiger partial charge is 0.379 e. The van der Waals surface area contributed by atoms with E-state index in [1.165, 1.54) is 0 Å². The maximum atomic E-state index is 13.8. The summed E-state index contributed by atoms with van der Waals surface area (Å²) in [4.78, 5) is 5.68. The van der Waals surface area contributed by atoms with Crippen molar-refractivity contribution in [3.05, 3.63) is 59.4 Å². The van der Waals surface area contributed by atoms with E-state index in [1.54, 1.807) is 11.2 Å². The van der Waals surface area contributed by atoms with E-state index in [2.05, 4.69) is 25.4 Å². The van der Waals surface area contributed by atoms with Crippen LogP contribution in [0.3, 0.4) is 0 Å². The average Bonchev–Trinajstić information content (AvgIpc) is 3.56. The predicted octanol–water partition coefficient (Wildman–Crippen LogP) is 3.83. The van der Waals surface area contributed by atoms with E-state index in [4.69, 9.17) is 4.74 Å². The van der Waals surface area contributed by atoms with Crippen LogP contribution in [0.2, 0.25) is 0 Å². The van der Waals surface area contributed by atoms with Gasteiger partial charge in [-0.1, -0.05) is 18.2 Å². The number of nitrogens with zero attached hydrogens (tertiary/aromatic N) is 6. The normalized spacial score (nSPS) is 20.0. The van der Waals surface area contributed by atoms with Gasteiger partial charge in [0, 0.05) is 49.5 Å². The van der Waals surface area contributed by atoms with Crippen molar-refractivity contribution in [2.45, 2.75) is 37.1 Å². The minimum absolute atomic E-state index is 0.112. The Hall–Kier alpha value is -3.38. The SMILES string of the molecule is Cn1cnnc1CC1(c2cccc(-c3n[nH]c4c(CN5CC[C@H](F)C5)nc(C(F)(F)F)cc34)c2)COC1. The van der Waals surface area contributed by atoms with Gasteiger partial charge in [-0.15, -0.1) is 10.2 Å². The lowest BCUT2D eigenvalue weighted by Gasteiger charge is -2.41. The number of hydrogen-bond acceptors (Lipinski definition) is 6. The largest absolute Gasteiger partial charge is 0.433 e. The van der Waals surface area contributed by atoms with E-state index in [-0.39, 0.29) is 24.2 Å². The summed E-state index contributed by atoms with van der Waals surface area (Å²) < 4.78 is 62.6. The van der Waals surface area contributed by atoms with Crippen LogP contribution < -0.4 is 0 Å². The molecule has 8 nitrogen and oxygen atoms in total. The molecule has 37 heavy (non-hydrogen) atoms. The molecular weight excluding hydrogens is 490 g/mol. The Kier molecular flexibility index (Phi) is 5.75. The van der Waals surface area contributed by atoms with Crippen molar-refractivity contribution >= 4 is 10.9 Å². The molecule has 0 bridgehead atoms. The molecule has 0 saturated carbocycles. The van der Waals surface area contributed by atoms with E-state index >= 15 is 0 Å². The zero-order chi connectivity index (χ0) is 25.8. The van der Waals surface area contributed by atoms with E-state index < -0.39 is 18.0 Å². The van der Waals surface area contributed by atoms with E-state index in [0.717, 1.165) is 17.5 Å². The summed E-state index contributed by atoms with van der Waals surface area (Å²) in [5, 5.41) is 15.8. The second-order valence-electron chi connectivity index (χ2n) is 9.96. The van der Waals surface area contributed by atoms with Crippen molar-refractivity contribution in [3.8, 4) is 11.3 Å². The number of hydrogen-bond donors (Lipinski definition) is 1. The fraction of sp³-hybridized carbons (Fsp3) is 0.440. The van der Waals surface area contributed by atoms with Gasteiger partial charge in [-0.2, -0.15) is 18.3 Å². The summed E-state index contributed by atoms with van der Waals surface area (Å²) in [6, 6.07) is 8.69. The summed E-state index contributed by atoms with van der Waals surface area (Å²) in [6.07, 6.45) is -2.98. The first-order valence-corrected chi connectivity index (χ1v) is 12.0. The number of nitrogens with one attached hydrogen (secondary N) is 1. The standard InChI is InChI=1S/C25H25F4N7O/c1-35-14-30-32-21(35)9-24(12-37-13-24)16-4-2-3-15(7-16)22-18-8-20(25(27,28)29)31-19(23(18)34-33-22)11-36-6-5-17(26)10-36/h2-4,7-8,14,17H,5-6,9-13H2,1H3,(H,33,34)/t17-/m0/s1. The van der Waals surface area contributed by atoms with Gasteiger partial charge in [-0.05, 0) is 24.1 Å². The maximum absolute atomic E-state index is 13.8. The summed E-state index contributed by atoms with van der Waals surface area (Å²) in [5.41, 5.74) is 1.41. The number of likely N-dealkylation sites (tertiary alicyclic amines) is 1. The van der Waals surface area contributed by atoms with Gasteiger partial charge in [0.05, 0.1) is 24.4 Å². The van der Waals surface area contributed by atoms with Crippen molar-refractivity contribution in [2.24, 2.45) is 7.05 Å². The monoisotopic (exact) mass is 515 g/mol. The number of aryl methyl sites for hydroxylation is 1. The molecule has 0 unspecified atom stereocenters. The van der Waals surface area contributed by atoms with E-state index in [1.807, 2.05) is 35.9 Å². The van der Waals surface area contributed by atoms with Crippen molar-refractivity contribution in [1.82, 2.24) is 34.8 Å². The molecule has 5 heterocycles. The Labute approximate surface area is 209 Å². The highest BCUT2D eigenvalue weighted by atomic mass is 19.4. The Morgan fingerprint density at radius 3 is 2.70 bits per heavy atom. The molecule has 4 aromatic rings. The Morgan fingerprint density at radius 1 is 1.22 bits per heavy atom. The molecule has 194 valence electrons. The number of aromatic amines is 1.